The summed E-state index contributed by atoms with van der Waals surface area (Å²) < 4.78 is 22.9. The SMILES string of the molecule is COc1ccc(OC)c(C(C)NC(=O)COC(=O)c2c(C)oc(-n3cccc3)c2C#N)c1. The number of furan rings is 1. The second-order valence-electron chi connectivity index (χ2n) is 6.89. The average Bonchev–Trinajstić information content (AvgIpc) is 3.44. The van der Waals surface area contributed by atoms with Gasteiger partial charge in [0.15, 0.2) is 6.61 Å². The van der Waals surface area contributed by atoms with Crippen LogP contribution in [0.25, 0.3) is 5.88 Å². The Morgan fingerprint density at radius 3 is 2.56 bits per heavy atom. The van der Waals surface area contributed by atoms with Crippen molar-refractivity contribution in [3.05, 3.63) is 65.2 Å². The molecule has 166 valence electrons. The third kappa shape index (κ3) is 4.59. The number of rotatable bonds is 8. The van der Waals surface area contributed by atoms with E-state index in [2.05, 4.69) is 5.32 Å². The third-order valence-corrected chi connectivity index (χ3v) is 4.84. The van der Waals surface area contributed by atoms with Crippen molar-refractivity contribution >= 4 is 11.9 Å². The summed E-state index contributed by atoms with van der Waals surface area (Å²) in [6, 6.07) is 10.3. The summed E-state index contributed by atoms with van der Waals surface area (Å²) in [4.78, 5) is 25.0. The Morgan fingerprint density at radius 2 is 1.94 bits per heavy atom. The van der Waals surface area contributed by atoms with Gasteiger partial charge in [0.05, 0.1) is 20.3 Å². The predicted octanol–water partition coefficient (Wildman–Crippen LogP) is 3.30. The number of esters is 1. The molecule has 0 bridgehead atoms. The lowest BCUT2D eigenvalue weighted by molar-refractivity contribution is -0.124. The summed E-state index contributed by atoms with van der Waals surface area (Å²) in [7, 11) is 3.08. The zero-order valence-electron chi connectivity index (χ0n) is 18.2. The van der Waals surface area contributed by atoms with Crippen molar-refractivity contribution in [3.63, 3.8) is 0 Å². The summed E-state index contributed by atoms with van der Waals surface area (Å²) in [5.41, 5.74) is 0.741. The van der Waals surface area contributed by atoms with Crippen molar-refractivity contribution < 1.29 is 28.2 Å². The summed E-state index contributed by atoms with van der Waals surface area (Å²) in [5.74, 6) is 0.311. The number of hydrogen-bond acceptors (Lipinski definition) is 7. The maximum atomic E-state index is 12.6. The molecule has 1 atom stereocenters. The molecule has 2 heterocycles. The zero-order valence-corrected chi connectivity index (χ0v) is 18.2. The van der Waals surface area contributed by atoms with Crippen LogP contribution in [0.2, 0.25) is 0 Å². The van der Waals surface area contributed by atoms with Gasteiger partial charge in [-0.05, 0) is 44.2 Å². The number of ether oxygens (including phenoxy) is 3. The van der Waals surface area contributed by atoms with E-state index in [0.29, 0.717) is 17.1 Å². The first-order valence-corrected chi connectivity index (χ1v) is 9.74. The van der Waals surface area contributed by atoms with Gasteiger partial charge < -0.3 is 23.9 Å². The number of carbonyl (C=O) groups excluding carboxylic acids is 2. The van der Waals surface area contributed by atoms with Gasteiger partial charge in [0.1, 0.15) is 34.5 Å². The zero-order chi connectivity index (χ0) is 23.3. The van der Waals surface area contributed by atoms with Crippen LogP contribution < -0.4 is 14.8 Å². The average molecular weight is 437 g/mol. The minimum absolute atomic E-state index is 0.00786. The van der Waals surface area contributed by atoms with Gasteiger partial charge in [0.25, 0.3) is 5.91 Å². The smallest absolute Gasteiger partial charge is 0.343 e. The number of carbonyl (C=O) groups is 2. The minimum atomic E-state index is -0.817. The number of methoxy groups -OCH3 is 2. The highest BCUT2D eigenvalue weighted by Gasteiger charge is 2.26. The van der Waals surface area contributed by atoms with Crippen molar-refractivity contribution in [3.8, 4) is 23.5 Å². The Bertz CT molecular complexity index is 1160. The Labute approximate surface area is 185 Å². The molecule has 0 aliphatic carbocycles. The van der Waals surface area contributed by atoms with Crippen LogP contribution in [0.5, 0.6) is 11.5 Å². The molecule has 2 aromatic heterocycles. The number of hydrogen-bond donors (Lipinski definition) is 1. The van der Waals surface area contributed by atoms with Crippen LogP contribution in [0, 0.1) is 18.3 Å². The summed E-state index contributed by atoms with van der Waals surface area (Å²) >= 11 is 0. The van der Waals surface area contributed by atoms with Gasteiger partial charge in [-0.15, -0.1) is 0 Å². The Hall–Kier alpha value is -4.19. The van der Waals surface area contributed by atoms with Crippen molar-refractivity contribution in [2.24, 2.45) is 0 Å². The summed E-state index contributed by atoms with van der Waals surface area (Å²) in [6.45, 7) is 2.81. The van der Waals surface area contributed by atoms with Gasteiger partial charge in [0.2, 0.25) is 5.88 Å². The van der Waals surface area contributed by atoms with E-state index in [4.69, 9.17) is 18.6 Å². The lowest BCUT2D eigenvalue weighted by Crippen LogP contribution is -2.31. The number of aromatic nitrogens is 1. The molecule has 1 amide bonds. The highest BCUT2D eigenvalue weighted by Crippen LogP contribution is 2.29. The molecule has 0 radical (unpaired) electrons. The first-order chi connectivity index (χ1) is 15.4. The van der Waals surface area contributed by atoms with E-state index in [1.54, 1.807) is 68.2 Å². The fraction of sp³-hybridized carbons (Fsp3) is 0.261. The van der Waals surface area contributed by atoms with E-state index in [9.17, 15) is 14.9 Å². The number of nitriles is 1. The largest absolute Gasteiger partial charge is 0.497 e. The first-order valence-electron chi connectivity index (χ1n) is 9.74. The molecule has 1 aromatic carbocycles. The number of amides is 1. The van der Waals surface area contributed by atoms with Crippen molar-refractivity contribution in [1.29, 1.82) is 5.26 Å². The first kappa shape index (κ1) is 22.5. The van der Waals surface area contributed by atoms with Crippen LogP contribution in [0.15, 0.2) is 47.1 Å². The lowest BCUT2D eigenvalue weighted by Gasteiger charge is -2.18. The van der Waals surface area contributed by atoms with Gasteiger partial charge in [-0.3, -0.25) is 9.36 Å². The molecule has 1 unspecified atom stereocenters. The molecule has 0 fully saturated rings. The molecule has 0 saturated heterocycles. The second kappa shape index (κ2) is 9.75. The molecule has 3 aromatic rings. The molecule has 0 aliphatic rings. The van der Waals surface area contributed by atoms with Gasteiger partial charge in [0, 0.05) is 18.0 Å². The van der Waals surface area contributed by atoms with Crippen molar-refractivity contribution in [2.75, 3.05) is 20.8 Å². The Balaban J connectivity index is 1.68. The lowest BCUT2D eigenvalue weighted by atomic mass is 10.1. The predicted molar refractivity (Wildman–Crippen MR) is 114 cm³/mol. The number of benzene rings is 1. The molecule has 0 saturated carbocycles. The van der Waals surface area contributed by atoms with Gasteiger partial charge in [-0.1, -0.05) is 0 Å². The molecule has 9 nitrogen and oxygen atoms in total. The van der Waals surface area contributed by atoms with E-state index in [0.717, 1.165) is 0 Å². The van der Waals surface area contributed by atoms with Crippen LogP contribution in [0.4, 0.5) is 0 Å². The molecule has 1 N–H and O–H groups in total. The maximum absolute atomic E-state index is 12.6. The van der Waals surface area contributed by atoms with E-state index in [-0.39, 0.29) is 22.8 Å². The molecule has 0 aliphatic heterocycles. The van der Waals surface area contributed by atoms with Crippen LogP contribution >= 0.6 is 0 Å². The van der Waals surface area contributed by atoms with E-state index >= 15 is 0 Å². The van der Waals surface area contributed by atoms with Crippen molar-refractivity contribution in [1.82, 2.24) is 9.88 Å². The van der Waals surface area contributed by atoms with Gasteiger partial charge >= 0.3 is 5.97 Å². The number of aryl methyl sites for hydroxylation is 1. The molecule has 32 heavy (non-hydrogen) atoms. The maximum Gasteiger partial charge on any atom is 0.343 e. The summed E-state index contributed by atoms with van der Waals surface area (Å²) in [6.07, 6.45) is 3.38. The molecular formula is C23H23N3O6. The molecule has 0 spiro atoms. The normalized spacial score (nSPS) is 11.3. The highest BCUT2D eigenvalue weighted by atomic mass is 16.5. The number of nitrogens with zero attached hydrogens (tertiary/aromatic N) is 2. The Morgan fingerprint density at radius 1 is 1.22 bits per heavy atom. The Kier molecular flexibility index (Phi) is 6.85. The van der Waals surface area contributed by atoms with Crippen LogP contribution in [-0.4, -0.2) is 37.3 Å². The summed E-state index contributed by atoms with van der Waals surface area (Å²) in [5, 5.41) is 12.3. The quantitative estimate of drug-likeness (QED) is 0.538. The standard InChI is InChI=1S/C23H23N3O6/c1-14(17-11-16(29-3)7-8-19(17)30-4)25-20(27)13-31-23(28)21-15(2)32-22(18(21)12-24)26-9-5-6-10-26/h5-11,14H,13H2,1-4H3,(H,25,27). The van der Waals surface area contributed by atoms with E-state index < -0.39 is 24.5 Å². The highest BCUT2D eigenvalue weighted by molar-refractivity contribution is 5.95. The second-order valence-corrected chi connectivity index (χ2v) is 6.89. The van der Waals surface area contributed by atoms with Crippen molar-refractivity contribution in [2.45, 2.75) is 19.9 Å². The fourth-order valence-electron chi connectivity index (χ4n) is 3.27. The molecule has 3 rings (SSSR count). The fourth-order valence-corrected chi connectivity index (χ4v) is 3.27. The molecular weight excluding hydrogens is 414 g/mol. The van der Waals surface area contributed by atoms with Gasteiger partial charge in [-0.2, -0.15) is 5.26 Å². The van der Waals surface area contributed by atoms with Crippen LogP contribution in [-0.2, 0) is 9.53 Å². The third-order valence-electron chi connectivity index (χ3n) is 4.84. The minimum Gasteiger partial charge on any atom is -0.497 e. The molecule has 9 heteroatoms. The monoisotopic (exact) mass is 437 g/mol. The van der Waals surface area contributed by atoms with E-state index in [1.165, 1.54) is 7.11 Å². The van der Waals surface area contributed by atoms with Crippen LogP contribution in [0.1, 0.15) is 40.2 Å². The van der Waals surface area contributed by atoms with Crippen LogP contribution in [0.3, 0.4) is 0 Å². The topological polar surface area (TPSA) is 116 Å². The number of nitrogens with one attached hydrogen (secondary N) is 1. The van der Waals surface area contributed by atoms with E-state index in [1.807, 2.05) is 6.07 Å². The van der Waals surface area contributed by atoms with Gasteiger partial charge in [-0.25, -0.2) is 4.79 Å².